The molecule has 0 aromatic heterocycles. The molecule has 90 valence electrons. The number of ether oxygens (including phenoxy) is 1. The first-order chi connectivity index (χ1) is 7.60. The molecule has 0 spiro atoms. The van der Waals surface area contributed by atoms with Gasteiger partial charge in [-0.25, -0.2) is 0 Å². The van der Waals surface area contributed by atoms with Crippen molar-refractivity contribution in [3.63, 3.8) is 0 Å². The second-order valence-electron chi connectivity index (χ2n) is 4.32. The molecule has 0 fully saturated rings. The summed E-state index contributed by atoms with van der Waals surface area (Å²) in [4.78, 5) is 0. The zero-order valence-corrected chi connectivity index (χ0v) is 10.9. The van der Waals surface area contributed by atoms with Crippen LogP contribution in [-0.2, 0) is 0 Å². The minimum absolute atomic E-state index is 0.420. The molecular formula is C13H20ClNO. The highest BCUT2D eigenvalue weighted by atomic mass is 35.5. The third-order valence-electron chi connectivity index (χ3n) is 2.89. The van der Waals surface area contributed by atoms with E-state index in [1.165, 1.54) is 5.56 Å². The van der Waals surface area contributed by atoms with Crippen LogP contribution in [0.2, 0.25) is 5.02 Å². The van der Waals surface area contributed by atoms with Crippen LogP contribution in [0.4, 0.5) is 0 Å². The van der Waals surface area contributed by atoms with Crippen LogP contribution in [0.1, 0.15) is 31.7 Å². The first kappa shape index (κ1) is 13.3. The molecule has 1 aromatic carbocycles. The van der Waals surface area contributed by atoms with Crippen molar-refractivity contribution in [2.45, 2.75) is 26.2 Å². The van der Waals surface area contributed by atoms with Gasteiger partial charge in [-0.05, 0) is 42.5 Å². The SMILES string of the molecule is COc1ccc(C(CCN)C(C)C)c(Cl)c1. The molecule has 1 aromatic rings. The summed E-state index contributed by atoms with van der Waals surface area (Å²) in [6, 6.07) is 5.86. The normalized spacial score (nSPS) is 12.9. The topological polar surface area (TPSA) is 35.2 Å². The Bertz CT molecular complexity index is 339. The quantitative estimate of drug-likeness (QED) is 0.857. The lowest BCUT2D eigenvalue weighted by atomic mass is 9.86. The molecule has 0 radical (unpaired) electrons. The Kier molecular flexibility index (Phi) is 5.10. The molecule has 1 unspecified atom stereocenters. The number of benzene rings is 1. The minimum atomic E-state index is 0.420. The predicted octanol–water partition coefficient (Wildman–Crippen LogP) is 3.44. The van der Waals surface area contributed by atoms with Crippen molar-refractivity contribution in [3.8, 4) is 5.75 Å². The maximum Gasteiger partial charge on any atom is 0.120 e. The Labute approximate surface area is 103 Å². The maximum atomic E-state index is 6.26. The number of nitrogens with two attached hydrogens (primary N) is 1. The molecule has 0 amide bonds. The lowest BCUT2D eigenvalue weighted by Crippen LogP contribution is -2.13. The Hall–Kier alpha value is -0.730. The first-order valence-corrected chi connectivity index (χ1v) is 6.01. The molecule has 0 aliphatic heterocycles. The molecule has 16 heavy (non-hydrogen) atoms. The fourth-order valence-corrected chi connectivity index (χ4v) is 2.27. The smallest absolute Gasteiger partial charge is 0.120 e. The van der Waals surface area contributed by atoms with Gasteiger partial charge in [-0.15, -0.1) is 0 Å². The van der Waals surface area contributed by atoms with E-state index in [4.69, 9.17) is 22.1 Å². The monoisotopic (exact) mass is 241 g/mol. The van der Waals surface area contributed by atoms with Crippen LogP contribution in [0.25, 0.3) is 0 Å². The number of rotatable bonds is 5. The molecule has 1 rings (SSSR count). The van der Waals surface area contributed by atoms with Crippen LogP contribution < -0.4 is 10.5 Å². The van der Waals surface area contributed by atoms with Crippen molar-refractivity contribution < 1.29 is 4.74 Å². The standard InChI is InChI=1S/C13H20ClNO/c1-9(2)11(6-7-15)12-5-4-10(16-3)8-13(12)14/h4-5,8-9,11H,6-7,15H2,1-3H3. The Morgan fingerprint density at radius 1 is 1.38 bits per heavy atom. The van der Waals surface area contributed by atoms with E-state index < -0.39 is 0 Å². The van der Waals surface area contributed by atoms with Crippen LogP contribution in [0.15, 0.2) is 18.2 Å². The van der Waals surface area contributed by atoms with Crippen LogP contribution in [0, 0.1) is 5.92 Å². The van der Waals surface area contributed by atoms with Crippen molar-refractivity contribution >= 4 is 11.6 Å². The third-order valence-corrected chi connectivity index (χ3v) is 3.22. The van der Waals surface area contributed by atoms with E-state index in [-0.39, 0.29) is 0 Å². The largest absolute Gasteiger partial charge is 0.497 e. The highest BCUT2D eigenvalue weighted by Gasteiger charge is 2.18. The van der Waals surface area contributed by atoms with Crippen LogP contribution in [0.3, 0.4) is 0 Å². The zero-order chi connectivity index (χ0) is 12.1. The lowest BCUT2D eigenvalue weighted by Gasteiger charge is -2.22. The third kappa shape index (κ3) is 3.13. The Morgan fingerprint density at radius 3 is 2.50 bits per heavy atom. The van der Waals surface area contributed by atoms with Crippen molar-refractivity contribution in [2.24, 2.45) is 11.7 Å². The van der Waals surface area contributed by atoms with Crippen molar-refractivity contribution in [1.29, 1.82) is 0 Å². The van der Waals surface area contributed by atoms with Crippen molar-refractivity contribution in [3.05, 3.63) is 28.8 Å². The van der Waals surface area contributed by atoms with Crippen molar-refractivity contribution in [2.75, 3.05) is 13.7 Å². The first-order valence-electron chi connectivity index (χ1n) is 5.63. The average Bonchev–Trinajstić information content (AvgIpc) is 2.26. The molecule has 0 bridgehead atoms. The van der Waals surface area contributed by atoms with Gasteiger partial charge in [0.05, 0.1) is 7.11 Å². The number of halogens is 1. The van der Waals surface area contributed by atoms with Gasteiger partial charge in [0.25, 0.3) is 0 Å². The molecule has 0 heterocycles. The van der Waals surface area contributed by atoms with Crippen molar-refractivity contribution in [1.82, 2.24) is 0 Å². The van der Waals surface area contributed by atoms with Gasteiger partial charge < -0.3 is 10.5 Å². The van der Waals surface area contributed by atoms with Crippen LogP contribution in [0.5, 0.6) is 5.75 Å². The van der Waals surface area contributed by atoms with E-state index in [2.05, 4.69) is 13.8 Å². The van der Waals surface area contributed by atoms with E-state index in [1.54, 1.807) is 7.11 Å². The second-order valence-corrected chi connectivity index (χ2v) is 4.72. The molecule has 0 saturated carbocycles. The molecule has 1 atom stereocenters. The summed E-state index contributed by atoms with van der Waals surface area (Å²) in [5.41, 5.74) is 6.81. The Balaban J connectivity index is 3.00. The highest BCUT2D eigenvalue weighted by Crippen LogP contribution is 2.34. The van der Waals surface area contributed by atoms with E-state index in [0.29, 0.717) is 18.4 Å². The van der Waals surface area contributed by atoms with Gasteiger partial charge in [-0.1, -0.05) is 31.5 Å². The van der Waals surface area contributed by atoms with Gasteiger partial charge in [-0.2, -0.15) is 0 Å². The summed E-state index contributed by atoms with van der Waals surface area (Å²) < 4.78 is 5.14. The zero-order valence-electron chi connectivity index (χ0n) is 10.2. The fraction of sp³-hybridized carbons (Fsp3) is 0.538. The van der Waals surface area contributed by atoms with Gasteiger partial charge in [-0.3, -0.25) is 0 Å². The molecule has 3 heteroatoms. The second kappa shape index (κ2) is 6.12. The summed E-state index contributed by atoms with van der Waals surface area (Å²) in [5, 5.41) is 0.770. The average molecular weight is 242 g/mol. The van der Waals surface area contributed by atoms with E-state index in [9.17, 15) is 0 Å². The minimum Gasteiger partial charge on any atom is -0.497 e. The van der Waals surface area contributed by atoms with E-state index in [0.717, 1.165) is 17.2 Å². The van der Waals surface area contributed by atoms with Gasteiger partial charge in [0.15, 0.2) is 0 Å². The highest BCUT2D eigenvalue weighted by molar-refractivity contribution is 6.31. The predicted molar refractivity (Wildman–Crippen MR) is 69.3 cm³/mol. The summed E-state index contributed by atoms with van der Waals surface area (Å²) in [7, 11) is 1.64. The van der Waals surface area contributed by atoms with Gasteiger partial charge in [0, 0.05) is 5.02 Å². The molecule has 0 aliphatic carbocycles. The number of hydrogen-bond acceptors (Lipinski definition) is 2. The van der Waals surface area contributed by atoms with Gasteiger partial charge in [0.1, 0.15) is 5.75 Å². The van der Waals surface area contributed by atoms with Gasteiger partial charge >= 0.3 is 0 Å². The molecule has 2 N–H and O–H groups in total. The van der Waals surface area contributed by atoms with E-state index in [1.807, 2.05) is 18.2 Å². The molecular weight excluding hydrogens is 222 g/mol. The lowest BCUT2D eigenvalue weighted by molar-refractivity contribution is 0.413. The fourth-order valence-electron chi connectivity index (χ4n) is 1.96. The van der Waals surface area contributed by atoms with Gasteiger partial charge in [0.2, 0.25) is 0 Å². The molecule has 2 nitrogen and oxygen atoms in total. The summed E-state index contributed by atoms with van der Waals surface area (Å²) in [5.74, 6) is 1.75. The van der Waals surface area contributed by atoms with Crippen LogP contribution >= 0.6 is 11.6 Å². The Morgan fingerprint density at radius 2 is 2.06 bits per heavy atom. The molecule has 0 saturated heterocycles. The number of hydrogen-bond donors (Lipinski definition) is 1. The summed E-state index contributed by atoms with van der Waals surface area (Å²) >= 11 is 6.26. The summed E-state index contributed by atoms with van der Waals surface area (Å²) in [6.07, 6.45) is 0.962. The summed E-state index contributed by atoms with van der Waals surface area (Å²) in [6.45, 7) is 5.08. The van der Waals surface area contributed by atoms with Crippen LogP contribution in [-0.4, -0.2) is 13.7 Å². The number of methoxy groups -OCH3 is 1. The maximum absolute atomic E-state index is 6.26. The van der Waals surface area contributed by atoms with E-state index >= 15 is 0 Å². The molecule has 0 aliphatic rings.